The fraction of sp³-hybridized carbons (Fsp3) is 0.0769. The van der Waals surface area contributed by atoms with Gasteiger partial charge in [0.2, 0.25) is 0 Å². The van der Waals surface area contributed by atoms with Crippen molar-refractivity contribution in [3.05, 3.63) is 132 Å². The smallest absolute Gasteiger partial charge is 0.0433 e. The Morgan fingerprint density at radius 3 is 1.90 bits per heavy atom. The van der Waals surface area contributed by atoms with Gasteiger partial charge in [-0.1, -0.05) is 117 Å². The molecule has 0 nitrogen and oxygen atoms in total. The number of thiophene rings is 1. The van der Waals surface area contributed by atoms with E-state index < -0.39 is 0 Å². The first-order valence-electron chi connectivity index (χ1n) is 14.0. The van der Waals surface area contributed by atoms with Crippen LogP contribution in [0, 0.1) is 0 Å². The minimum Gasteiger partial charge on any atom is -0.135 e. The van der Waals surface area contributed by atoms with Crippen molar-refractivity contribution >= 4 is 63.8 Å². The van der Waals surface area contributed by atoms with Gasteiger partial charge in [0.1, 0.15) is 0 Å². The van der Waals surface area contributed by atoms with Gasteiger partial charge in [0.05, 0.1) is 0 Å². The Bertz CT molecular complexity index is 2350. The summed E-state index contributed by atoms with van der Waals surface area (Å²) in [6.45, 7) is 4.74. The summed E-state index contributed by atoms with van der Waals surface area (Å²) in [6, 6.07) is 45.4. The van der Waals surface area contributed by atoms with Crippen LogP contribution in [0.15, 0.2) is 121 Å². The van der Waals surface area contributed by atoms with Gasteiger partial charge in [-0.3, -0.25) is 0 Å². The van der Waals surface area contributed by atoms with Crippen LogP contribution in [0.5, 0.6) is 0 Å². The fourth-order valence-electron chi connectivity index (χ4n) is 7.30. The van der Waals surface area contributed by atoms with Gasteiger partial charge in [-0.15, -0.1) is 11.3 Å². The summed E-state index contributed by atoms with van der Waals surface area (Å²) in [5.74, 6) is 0. The van der Waals surface area contributed by atoms with E-state index in [9.17, 15) is 0 Å². The van der Waals surface area contributed by atoms with E-state index in [0.29, 0.717) is 0 Å². The standard InChI is InChI=1S/C39H26S/c1-39(2)33-16-7-13-29-27-20-19-24(22-32(27)30-14-8-17-34(39)37(30)36(29)33)23-9-5-10-25(21-23)26-12-6-15-31-28-11-3-4-18-35(28)40-38(26)31/h3-22H,1-2H3. The van der Waals surface area contributed by atoms with Gasteiger partial charge in [0.25, 0.3) is 0 Å². The molecule has 1 heteroatoms. The van der Waals surface area contributed by atoms with E-state index in [1.807, 2.05) is 11.3 Å². The summed E-state index contributed by atoms with van der Waals surface area (Å²) >= 11 is 1.90. The van der Waals surface area contributed by atoms with Crippen LogP contribution in [0.4, 0.5) is 0 Å². The van der Waals surface area contributed by atoms with E-state index in [2.05, 4.69) is 135 Å². The fourth-order valence-corrected chi connectivity index (χ4v) is 8.54. The summed E-state index contributed by atoms with van der Waals surface area (Å²) in [5.41, 5.74) is 8.01. The van der Waals surface area contributed by atoms with Crippen molar-refractivity contribution < 1.29 is 0 Å². The number of rotatable bonds is 2. The molecule has 1 aliphatic carbocycles. The summed E-state index contributed by atoms with van der Waals surface area (Å²) in [6.07, 6.45) is 0. The Balaban J connectivity index is 1.27. The number of hydrogen-bond acceptors (Lipinski definition) is 1. The van der Waals surface area contributed by atoms with E-state index in [-0.39, 0.29) is 5.41 Å². The summed E-state index contributed by atoms with van der Waals surface area (Å²) in [5, 5.41) is 11.0. The highest BCUT2D eigenvalue weighted by Gasteiger charge is 2.34. The maximum Gasteiger partial charge on any atom is 0.0433 e. The number of hydrogen-bond donors (Lipinski definition) is 0. The van der Waals surface area contributed by atoms with Crippen LogP contribution in [0.3, 0.4) is 0 Å². The lowest BCUT2D eigenvalue weighted by Gasteiger charge is -2.21. The minimum atomic E-state index is 0.0174. The van der Waals surface area contributed by atoms with Crippen LogP contribution in [-0.2, 0) is 5.41 Å². The van der Waals surface area contributed by atoms with E-state index >= 15 is 0 Å². The third-order valence-corrected chi connectivity index (χ3v) is 10.5. The zero-order valence-electron chi connectivity index (χ0n) is 22.5. The van der Waals surface area contributed by atoms with Crippen molar-refractivity contribution in [2.24, 2.45) is 0 Å². The topological polar surface area (TPSA) is 0 Å². The van der Waals surface area contributed by atoms with Crippen molar-refractivity contribution in [3.63, 3.8) is 0 Å². The second kappa shape index (κ2) is 7.81. The monoisotopic (exact) mass is 526 g/mol. The molecule has 7 aromatic carbocycles. The Hall–Kier alpha value is -4.46. The molecule has 1 heterocycles. The highest BCUT2D eigenvalue weighted by Crippen LogP contribution is 2.51. The van der Waals surface area contributed by atoms with Crippen LogP contribution < -0.4 is 0 Å². The van der Waals surface area contributed by atoms with Crippen LogP contribution >= 0.6 is 11.3 Å². The van der Waals surface area contributed by atoms with Crippen LogP contribution in [0.2, 0.25) is 0 Å². The van der Waals surface area contributed by atoms with Crippen molar-refractivity contribution in [1.82, 2.24) is 0 Å². The molecule has 0 atom stereocenters. The van der Waals surface area contributed by atoms with Gasteiger partial charge in [-0.25, -0.2) is 0 Å². The molecule has 188 valence electrons. The predicted octanol–water partition coefficient (Wildman–Crippen LogP) is 11.5. The molecule has 0 fully saturated rings. The minimum absolute atomic E-state index is 0.0174. The largest absolute Gasteiger partial charge is 0.135 e. The van der Waals surface area contributed by atoms with Gasteiger partial charge in [0.15, 0.2) is 0 Å². The highest BCUT2D eigenvalue weighted by atomic mass is 32.1. The molecule has 0 spiro atoms. The maximum absolute atomic E-state index is 2.42. The third kappa shape index (κ3) is 2.85. The summed E-state index contributed by atoms with van der Waals surface area (Å²) < 4.78 is 2.71. The second-order valence-corrected chi connectivity index (χ2v) is 12.8. The van der Waals surface area contributed by atoms with Gasteiger partial charge >= 0.3 is 0 Å². The molecule has 0 unspecified atom stereocenters. The first-order chi connectivity index (χ1) is 19.6. The van der Waals surface area contributed by atoms with Crippen molar-refractivity contribution in [2.45, 2.75) is 19.3 Å². The molecule has 0 bridgehead atoms. The van der Waals surface area contributed by atoms with Crippen molar-refractivity contribution in [2.75, 3.05) is 0 Å². The SMILES string of the molecule is CC1(C)c2cccc3c4ccc(-c5cccc(-c6cccc7c6sc6ccccc67)c5)cc4c4cccc1c4c23. The lowest BCUT2D eigenvalue weighted by Crippen LogP contribution is -2.14. The molecule has 40 heavy (non-hydrogen) atoms. The van der Waals surface area contributed by atoms with E-state index in [1.54, 1.807) is 0 Å². The average molecular weight is 527 g/mol. The lowest BCUT2D eigenvalue weighted by atomic mass is 9.82. The lowest BCUT2D eigenvalue weighted by molar-refractivity contribution is 0.663. The Labute approximate surface area is 237 Å². The average Bonchev–Trinajstić information content (AvgIpc) is 3.50. The molecule has 0 saturated heterocycles. The van der Waals surface area contributed by atoms with E-state index in [0.717, 1.165) is 0 Å². The number of benzene rings is 7. The van der Waals surface area contributed by atoms with E-state index in [1.165, 1.54) is 85.9 Å². The van der Waals surface area contributed by atoms with Crippen LogP contribution in [0.25, 0.3) is 74.7 Å². The first-order valence-corrected chi connectivity index (χ1v) is 14.8. The molecule has 0 N–H and O–H groups in total. The van der Waals surface area contributed by atoms with E-state index in [4.69, 9.17) is 0 Å². The van der Waals surface area contributed by atoms with Crippen LogP contribution in [-0.4, -0.2) is 0 Å². The molecule has 0 saturated carbocycles. The molecule has 0 aliphatic heterocycles. The first kappa shape index (κ1) is 22.4. The van der Waals surface area contributed by atoms with Crippen molar-refractivity contribution in [3.8, 4) is 22.3 Å². The second-order valence-electron chi connectivity index (χ2n) is 11.7. The zero-order valence-corrected chi connectivity index (χ0v) is 23.3. The Morgan fingerprint density at radius 2 is 1.07 bits per heavy atom. The molecule has 9 rings (SSSR count). The predicted molar refractivity (Wildman–Crippen MR) is 175 cm³/mol. The molecule has 0 amide bonds. The Morgan fingerprint density at radius 1 is 0.450 bits per heavy atom. The quantitative estimate of drug-likeness (QED) is 0.197. The molecular formula is C39H26S. The molecule has 8 aromatic rings. The van der Waals surface area contributed by atoms with Gasteiger partial charge in [0, 0.05) is 25.6 Å². The summed E-state index contributed by atoms with van der Waals surface area (Å²) in [7, 11) is 0. The number of fused-ring (bicyclic) bond motifs is 6. The third-order valence-electron chi connectivity index (χ3n) is 9.24. The molecule has 0 radical (unpaired) electrons. The molecule has 1 aromatic heterocycles. The zero-order chi connectivity index (χ0) is 26.6. The maximum atomic E-state index is 2.42. The van der Waals surface area contributed by atoms with Gasteiger partial charge < -0.3 is 0 Å². The summed E-state index contributed by atoms with van der Waals surface area (Å²) in [4.78, 5) is 0. The van der Waals surface area contributed by atoms with Crippen molar-refractivity contribution in [1.29, 1.82) is 0 Å². The van der Waals surface area contributed by atoms with Gasteiger partial charge in [-0.2, -0.15) is 0 Å². The van der Waals surface area contributed by atoms with Crippen LogP contribution in [0.1, 0.15) is 25.0 Å². The molecular weight excluding hydrogens is 500 g/mol. The van der Waals surface area contributed by atoms with Gasteiger partial charge in [-0.05, 0) is 83.9 Å². The molecule has 1 aliphatic rings. The highest BCUT2D eigenvalue weighted by molar-refractivity contribution is 7.26. The Kier molecular flexibility index (Phi) is 4.37. The normalized spacial score (nSPS) is 13.9.